The van der Waals surface area contributed by atoms with Crippen LogP contribution in [0.15, 0.2) is 182 Å². The Morgan fingerprint density at radius 1 is 0.333 bits per heavy atom. The van der Waals surface area contributed by atoms with Crippen molar-refractivity contribution in [2.24, 2.45) is 0 Å². The van der Waals surface area contributed by atoms with Gasteiger partial charge >= 0.3 is 0 Å². The van der Waals surface area contributed by atoms with E-state index in [1.807, 2.05) is 103 Å². The SMILES string of the molecule is [2H]c1c([2H])c(-c2c3ccccc3cc3c2ccc2ccccc23)c([2H])c([2H])c1-c1cc(-c2ccc(-c3ccccc3)cc2)nc(-c2ccccc2)n1. The third-order valence-corrected chi connectivity index (χ3v) is 8.95. The molecular weight excluding hydrogens is 581 g/mol. The van der Waals surface area contributed by atoms with Gasteiger partial charge in [-0.15, -0.1) is 0 Å². The van der Waals surface area contributed by atoms with Crippen molar-refractivity contribution in [3.8, 4) is 56.2 Å². The molecule has 0 aliphatic carbocycles. The van der Waals surface area contributed by atoms with Crippen LogP contribution in [0.4, 0.5) is 0 Å². The molecule has 0 atom stereocenters. The Morgan fingerprint density at radius 3 is 1.60 bits per heavy atom. The van der Waals surface area contributed by atoms with Crippen LogP contribution in [-0.4, -0.2) is 9.97 Å². The van der Waals surface area contributed by atoms with Crippen LogP contribution in [0.2, 0.25) is 0 Å². The smallest absolute Gasteiger partial charge is 0.160 e. The van der Waals surface area contributed by atoms with Crippen molar-refractivity contribution in [1.82, 2.24) is 9.97 Å². The lowest BCUT2D eigenvalue weighted by atomic mass is 9.89. The summed E-state index contributed by atoms with van der Waals surface area (Å²) in [5, 5.41) is 5.87. The summed E-state index contributed by atoms with van der Waals surface area (Å²) in [6, 6.07) is 51.5. The zero-order valence-corrected chi connectivity index (χ0v) is 25.9. The van der Waals surface area contributed by atoms with Gasteiger partial charge in [-0.05, 0) is 66.7 Å². The third kappa shape index (κ3) is 5.01. The van der Waals surface area contributed by atoms with Crippen molar-refractivity contribution in [3.63, 3.8) is 0 Å². The number of fused-ring (bicyclic) bond motifs is 4. The average Bonchev–Trinajstić information content (AvgIpc) is 3.20. The molecule has 0 unspecified atom stereocenters. The van der Waals surface area contributed by atoms with Crippen molar-refractivity contribution in [2.45, 2.75) is 0 Å². The van der Waals surface area contributed by atoms with E-state index in [0.717, 1.165) is 54.6 Å². The monoisotopic (exact) mass is 614 g/mol. The van der Waals surface area contributed by atoms with Gasteiger partial charge < -0.3 is 0 Å². The molecule has 9 rings (SSSR count). The first kappa shape index (κ1) is 23.9. The second kappa shape index (κ2) is 11.8. The van der Waals surface area contributed by atoms with Gasteiger partial charge in [0, 0.05) is 16.7 Å². The predicted octanol–water partition coefficient (Wildman–Crippen LogP) is 12.3. The van der Waals surface area contributed by atoms with Crippen LogP contribution in [0.3, 0.4) is 0 Å². The van der Waals surface area contributed by atoms with Crippen LogP contribution in [0, 0.1) is 0 Å². The number of hydrogen-bond acceptors (Lipinski definition) is 2. The number of aromatic nitrogens is 2. The Morgan fingerprint density at radius 2 is 0.875 bits per heavy atom. The maximum absolute atomic E-state index is 9.48. The van der Waals surface area contributed by atoms with Gasteiger partial charge in [0.25, 0.3) is 0 Å². The summed E-state index contributed by atoms with van der Waals surface area (Å²) in [7, 11) is 0. The summed E-state index contributed by atoms with van der Waals surface area (Å²) in [6.07, 6.45) is 0. The van der Waals surface area contributed by atoms with Crippen LogP contribution in [0.5, 0.6) is 0 Å². The first-order valence-electron chi connectivity index (χ1n) is 18.0. The standard InChI is InChI=1S/C46H30N2/c1-3-11-31(12-4-1)32-19-21-34(22-20-32)43-30-44(48-46(47-43)37-14-5-2-6-15-37)35-23-25-36(26-24-35)45-40-18-10-8-16-38(40)29-42-39-17-9-7-13-33(39)27-28-41(42)45/h1-30H/i23D,24D,25D,26D. The molecule has 0 N–H and O–H groups in total. The molecule has 1 heterocycles. The van der Waals surface area contributed by atoms with E-state index >= 15 is 0 Å². The molecule has 48 heavy (non-hydrogen) atoms. The van der Waals surface area contributed by atoms with E-state index in [9.17, 15) is 5.48 Å². The second-order valence-electron chi connectivity index (χ2n) is 11.9. The van der Waals surface area contributed by atoms with Gasteiger partial charge in [0.1, 0.15) is 0 Å². The van der Waals surface area contributed by atoms with Gasteiger partial charge in [-0.2, -0.15) is 0 Å². The zero-order valence-electron chi connectivity index (χ0n) is 29.9. The highest BCUT2D eigenvalue weighted by molar-refractivity contribution is 6.20. The van der Waals surface area contributed by atoms with E-state index in [1.54, 1.807) is 6.07 Å². The Balaban J connectivity index is 1.27. The summed E-state index contributed by atoms with van der Waals surface area (Å²) >= 11 is 0. The van der Waals surface area contributed by atoms with Gasteiger partial charge in [-0.3, -0.25) is 0 Å². The quantitative estimate of drug-likeness (QED) is 0.142. The van der Waals surface area contributed by atoms with Crippen LogP contribution >= 0.6 is 0 Å². The lowest BCUT2D eigenvalue weighted by Crippen LogP contribution is -1.96. The molecule has 0 aliphatic rings. The van der Waals surface area contributed by atoms with Crippen molar-refractivity contribution in [2.75, 3.05) is 0 Å². The second-order valence-corrected chi connectivity index (χ2v) is 11.9. The van der Waals surface area contributed by atoms with Gasteiger partial charge in [-0.1, -0.05) is 170 Å². The molecule has 2 nitrogen and oxygen atoms in total. The van der Waals surface area contributed by atoms with Crippen molar-refractivity contribution in [3.05, 3.63) is 182 Å². The molecule has 0 amide bonds. The maximum atomic E-state index is 9.48. The fraction of sp³-hybridized carbons (Fsp3) is 0. The van der Waals surface area contributed by atoms with E-state index in [-0.39, 0.29) is 35.3 Å². The Kier molecular flexibility index (Phi) is 5.85. The Bertz CT molecular complexity index is 2790. The number of nitrogens with zero attached hydrogens (tertiary/aromatic N) is 2. The Hall–Kier alpha value is -6.38. The fourth-order valence-corrected chi connectivity index (χ4v) is 6.56. The summed E-state index contributed by atoms with van der Waals surface area (Å²) in [5.41, 5.74) is 5.86. The van der Waals surface area contributed by atoms with Crippen molar-refractivity contribution >= 4 is 32.3 Å². The summed E-state index contributed by atoms with van der Waals surface area (Å²) < 4.78 is 37.8. The highest BCUT2D eigenvalue weighted by Gasteiger charge is 2.14. The number of hydrogen-bond donors (Lipinski definition) is 0. The van der Waals surface area contributed by atoms with E-state index in [1.165, 1.54) is 0 Å². The Labute approximate surface area is 285 Å². The van der Waals surface area contributed by atoms with Gasteiger partial charge in [-0.25, -0.2) is 9.97 Å². The number of rotatable bonds is 5. The van der Waals surface area contributed by atoms with Crippen LogP contribution < -0.4 is 0 Å². The molecule has 1 aromatic heterocycles. The lowest BCUT2D eigenvalue weighted by Gasteiger charge is -2.15. The molecule has 0 radical (unpaired) electrons. The summed E-state index contributed by atoms with van der Waals surface area (Å²) in [4.78, 5) is 9.82. The molecule has 0 fully saturated rings. The molecule has 224 valence electrons. The van der Waals surface area contributed by atoms with Gasteiger partial charge in [0.05, 0.1) is 16.9 Å². The van der Waals surface area contributed by atoms with E-state index in [0.29, 0.717) is 22.8 Å². The first-order chi connectivity index (χ1) is 25.5. The van der Waals surface area contributed by atoms with Gasteiger partial charge in [0.2, 0.25) is 0 Å². The molecular formula is C46H30N2. The summed E-state index contributed by atoms with van der Waals surface area (Å²) in [5.74, 6) is 0.438. The normalized spacial score (nSPS) is 12.5. The first-order valence-corrected chi connectivity index (χ1v) is 16.0. The molecule has 0 spiro atoms. The molecule has 0 saturated heterocycles. The van der Waals surface area contributed by atoms with Crippen LogP contribution in [0.25, 0.3) is 88.5 Å². The zero-order chi connectivity index (χ0) is 35.3. The van der Waals surface area contributed by atoms with E-state index in [4.69, 9.17) is 9.97 Å². The lowest BCUT2D eigenvalue weighted by molar-refractivity contribution is 1.18. The average molecular weight is 615 g/mol. The predicted molar refractivity (Wildman–Crippen MR) is 202 cm³/mol. The molecule has 0 aliphatic heterocycles. The third-order valence-electron chi connectivity index (χ3n) is 8.95. The van der Waals surface area contributed by atoms with Gasteiger partial charge in [0.15, 0.2) is 5.82 Å². The molecule has 2 heteroatoms. The van der Waals surface area contributed by atoms with Crippen molar-refractivity contribution < 1.29 is 5.48 Å². The minimum atomic E-state index is -0.152. The van der Waals surface area contributed by atoms with Crippen molar-refractivity contribution in [1.29, 1.82) is 0 Å². The highest BCUT2D eigenvalue weighted by atomic mass is 14.9. The minimum Gasteiger partial charge on any atom is -0.228 e. The number of benzene rings is 8. The molecule has 0 saturated carbocycles. The van der Waals surface area contributed by atoms with Crippen LogP contribution in [0.1, 0.15) is 5.48 Å². The fourth-order valence-electron chi connectivity index (χ4n) is 6.56. The summed E-state index contributed by atoms with van der Waals surface area (Å²) in [6.45, 7) is 0. The minimum absolute atomic E-state index is 0.115. The topological polar surface area (TPSA) is 25.8 Å². The highest BCUT2D eigenvalue weighted by Crippen LogP contribution is 2.40. The van der Waals surface area contributed by atoms with E-state index in [2.05, 4.69) is 48.5 Å². The molecule has 9 aromatic rings. The van der Waals surface area contributed by atoms with E-state index < -0.39 is 0 Å². The molecule has 0 bridgehead atoms. The maximum Gasteiger partial charge on any atom is 0.160 e. The van der Waals surface area contributed by atoms with Crippen LogP contribution in [-0.2, 0) is 0 Å². The molecule has 8 aromatic carbocycles. The largest absolute Gasteiger partial charge is 0.228 e.